The minimum atomic E-state index is -0.180. The van der Waals surface area contributed by atoms with Gasteiger partial charge in [0.25, 0.3) is 0 Å². The van der Waals surface area contributed by atoms with E-state index in [0.29, 0.717) is 11.4 Å². The maximum Gasteiger partial charge on any atom is 0.132 e. The van der Waals surface area contributed by atoms with Crippen LogP contribution >= 0.6 is 12.4 Å². The second-order valence-corrected chi connectivity index (χ2v) is 6.24. The highest BCUT2D eigenvalue weighted by atomic mass is 35.5. The van der Waals surface area contributed by atoms with Gasteiger partial charge in [0.2, 0.25) is 0 Å². The third kappa shape index (κ3) is 2.83. The number of piperidine rings is 1. The van der Waals surface area contributed by atoms with Crippen molar-refractivity contribution in [3.05, 3.63) is 41.8 Å². The average molecular weight is 322 g/mol. The molecule has 1 aromatic heterocycles. The van der Waals surface area contributed by atoms with E-state index in [2.05, 4.69) is 15.2 Å². The fourth-order valence-corrected chi connectivity index (χ4v) is 3.83. The van der Waals surface area contributed by atoms with Gasteiger partial charge in [-0.3, -0.25) is 9.88 Å². The number of benzene rings is 1. The Bertz CT molecular complexity index is 663. The molecule has 0 spiro atoms. The Hall–Kier alpha value is -1.23. The number of rotatable bonds is 2. The van der Waals surface area contributed by atoms with Gasteiger partial charge in [0.1, 0.15) is 5.82 Å². The Balaban J connectivity index is 0.00000144. The first-order valence-electron chi connectivity index (χ1n) is 7.79. The van der Waals surface area contributed by atoms with Crippen LogP contribution in [0, 0.1) is 11.7 Å². The summed E-state index contributed by atoms with van der Waals surface area (Å²) in [6, 6.07) is 7.79. The van der Waals surface area contributed by atoms with Gasteiger partial charge in [-0.25, -0.2) is 4.39 Å². The number of fused-ring (bicyclic) bond motifs is 2. The summed E-state index contributed by atoms with van der Waals surface area (Å²) in [4.78, 5) is 6.89. The van der Waals surface area contributed by atoms with E-state index in [1.165, 1.54) is 12.8 Å². The van der Waals surface area contributed by atoms with E-state index >= 15 is 0 Å². The molecule has 3 nitrogen and oxygen atoms in total. The molecule has 1 N–H and O–H groups in total. The fourth-order valence-electron chi connectivity index (χ4n) is 3.83. The maximum atomic E-state index is 13.9. The van der Waals surface area contributed by atoms with Crippen LogP contribution in [0.4, 0.5) is 4.39 Å². The molecule has 2 aromatic rings. The molecule has 0 amide bonds. The molecule has 22 heavy (non-hydrogen) atoms. The van der Waals surface area contributed by atoms with Crippen LogP contribution in [0.15, 0.2) is 30.5 Å². The van der Waals surface area contributed by atoms with E-state index in [1.54, 1.807) is 18.3 Å². The van der Waals surface area contributed by atoms with E-state index in [0.717, 1.165) is 43.2 Å². The van der Waals surface area contributed by atoms with Crippen LogP contribution in [0.2, 0.25) is 0 Å². The monoisotopic (exact) mass is 321 g/mol. The minimum absolute atomic E-state index is 0. The lowest BCUT2D eigenvalue weighted by molar-refractivity contribution is 0.156. The summed E-state index contributed by atoms with van der Waals surface area (Å²) in [5.74, 6) is 0.596. The molecule has 0 aliphatic carbocycles. The zero-order valence-corrected chi connectivity index (χ0v) is 13.3. The Morgan fingerprint density at radius 1 is 1.27 bits per heavy atom. The Morgan fingerprint density at radius 2 is 2.18 bits per heavy atom. The molecule has 0 saturated carbocycles. The molecule has 0 bridgehead atoms. The summed E-state index contributed by atoms with van der Waals surface area (Å²) >= 11 is 0. The van der Waals surface area contributed by atoms with Gasteiger partial charge in [-0.2, -0.15) is 0 Å². The Labute approximate surface area is 136 Å². The van der Waals surface area contributed by atoms with Crippen molar-refractivity contribution in [2.24, 2.45) is 5.92 Å². The highest BCUT2D eigenvalue weighted by molar-refractivity contribution is 5.85. The highest BCUT2D eigenvalue weighted by Gasteiger charge is 2.32. The zero-order valence-electron chi connectivity index (χ0n) is 12.5. The topological polar surface area (TPSA) is 28.2 Å². The first-order chi connectivity index (χ1) is 10.3. The second kappa shape index (κ2) is 6.49. The van der Waals surface area contributed by atoms with Crippen molar-refractivity contribution in [2.45, 2.75) is 25.4 Å². The largest absolute Gasteiger partial charge is 0.314 e. The van der Waals surface area contributed by atoms with Crippen LogP contribution in [0.3, 0.4) is 0 Å². The summed E-state index contributed by atoms with van der Waals surface area (Å²) in [6.07, 6.45) is 4.25. The lowest BCUT2D eigenvalue weighted by atomic mass is 9.93. The predicted octanol–water partition coefficient (Wildman–Crippen LogP) is 2.98. The van der Waals surface area contributed by atoms with Gasteiger partial charge in [-0.15, -0.1) is 12.4 Å². The van der Waals surface area contributed by atoms with Gasteiger partial charge in [0, 0.05) is 30.7 Å². The van der Waals surface area contributed by atoms with Crippen LogP contribution in [0.1, 0.15) is 18.4 Å². The van der Waals surface area contributed by atoms with Crippen LogP contribution in [-0.4, -0.2) is 35.6 Å². The number of pyridine rings is 1. The summed E-state index contributed by atoms with van der Waals surface area (Å²) < 4.78 is 13.9. The molecule has 2 fully saturated rings. The third-order valence-corrected chi connectivity index (χ3v) is 4.93. The smallest absolute Gasteiger partial charge is 0.132 e. The maximum absolute atomic E-state index is 13.9. The molecule has 2 aliphatic heterocycles. The molecular weight excluding hydrogens is 301 g/mol. The zero-order chi connectivity index (χ0) is 14.2. The molecule has 4 rings (SSSR count). The summed E-state index contributed by atoms with van der Waals surface area (Å²) in [5, 5.41) is 4.22. The predicted molar refractivity (Wildman–Crippen MR) is 88.7 cm³/mol. The number of nitrogens with one attached hydrogen (secondary N) is 1. The Morgan fingerprint density at radius 3 is 3.09 bits per heavy atom. The molecule has 5 heteroatoms. The summed E-state index contributed by atoms with van der Waals surface area (Å²) in [7, 11) is 0. The number of likely N-dealkylation sites (tertiary alicyclic amines) is 1. The fraction of sp³-hybridized carbons (Fsp3) is 0.471. The minimum Gasteiger partial charge on any atom is -0.314 e. The molecular formula is C17H21ClFN3. The van der Waals surface area contributed by atoms with Crippen LogP contribution in [-0.2, 0) is 6.54 Å². The summed E-state index contributed by atoms with van der Waals surface area (Å²) in [6.45, 7) is 4.28. The molecule has 0 radical (unpaired) electrons. The normalized spacial score (nSPS) is 25.0. The van der Waals surface area contributed by atoms with Gasteiger partial charge in [-0.1, -0.05) is 6.07 Å². The third-order valence-electron chi connectivity index (χ3n) is 4.93. The Kier molecular flexibility index (Phi) is 4.62. The lowest BCUT2D eigenvalue weighted by Crippen LogP contribution is -2.43. The van der Waals surface area contributed by atoms with Gasteiger partial charge >= 0.3 is 0 Å². The van der Waals surface area contributed by atoms with Crippen LogP contribution in [0.25, 0.3) is 10.9 Å². The first-order valence-corrected chi connectivity index (χ1v) is 7.79. The highest BCUT2D eigenvalue weighted by Crippen LogP contribution is 2.27. The van der Waals surface area contributed by atoms with E-state index in [-0.39, 0.29) is 18.2 Å². The van der Waals surface area contributed by atoms with E-state index in [9.17, 15) is 4.39 Å². The number of hydrogen-bond donors (Lipinski definition) is 1. The SMILES string of the molecule is Cl.Fc1ccc(CN2CCC3NCCC3C2)c2ncccc12. The van der Waals surface area contributed by atoms with Crippen molar-refractivity contribution in [3.8, 4) is 0 Å². The standard InChI is InChI=1S/C17H20FN3.ClH/c18-15-4-3-13(17-14(15)2-1-7-20-17)11-21-9-6-16-12(10-21)5-8-19-16;/h1-4,7,12,16,19H,5-6,8-11H2;1H. The second-order valence-electron chi connectivity index (χ2n) is 6.24. The van der Waals surface area contributed by atoms with E-state index in [4.69, 9.17) is 0 Å². The van der Waals surface area contributed by atoms with Crippen LogP contribution < -0.4 is 5.32 Å². The van der Waals surface area contributed by atoms with Crippen molar-refractivity contribution in [1.29, 1.82) is 0 Å². The number of halogens is 2. The molecule has 2 unspecified atom stereocenters. The van der Waals surface area contributed by atoms with Gasteiger partial charge < -0.3 is 5.32 Å². The van der Waals surface area contributed by atoms with Crippen molar-refractivity contribution in [3.63, 3.8) is 0 Å². The average Bonchev–Trinajstić information content (AvgIpc) is 2.98. The number of hydrogen-bond acceptors (Lipinski definition) is 3. The number of nitrogens with zero attached hydrogens (tertiary/aromatic N) is 2. The quantitative estimate of drug-likeness (QED) is 0.921. The molecule has 118 valence electrons. The van der Waals surface area contributed by atoms with Gasteiger partial charge in [-0.05, 0) is 55.6 Å². The van der Waals surface area contributed by atoms with E-state index in [1.807, 2.05) is 12.1 Å². The molecule has 2 aliphatic rings. The van der Waals surface area contributed by atoms with E-state index < -0.39 is 0 Å². The molecule has 3 heterocycles. The van der Waals surface area contributed by atoms with Gasteiger partial charge in [0.15, 0.2) is 0 Å². The first kappa shape index (κ1) is 15.7. The molecule has 2 saturated heterocycles. The van der Waals surface area contributed by atoms with Gasteiger partial charge in [0.05, 0.1) is 5.52 Å². The number of aromatic nitrogens is 1. The van der Waals surface area contributed by atoms with Crippen LogP contribution in [0.5, 0.6) is 0 Å². The van der Waals surface area contributed by atoms with Crippen molar-refractivity contribution in [2.75, 3.05) is 19.6 Å². The van der Waals surface area contributed by atoms with Crippen molar-refractivity contribution < 1.29 is 4.39 Å². The molecule has 2 atom stereocenters. The lowest BCUT2D eigenvalue weighted by Gasteiger charge is -2.35. The molecule has 1 aromatic carbocycles. The summed E-state index contributed by atoms with van der Waals surface area (Å²) in [5.41, 5.74) is 1.94. The van der Waals surface area contributed by atoms with Crippen molar-refractivity contribution >= 4 is 23.3 Å². The van der Waals surface area contributed by atoms with Crippen molar-refractivity contribution in [1.82, 2.24) is 15.2 Å².